The monoisotopic (exact) mass is 289 g/mol. The largest absolute Gasteiger partial charge is 0.497 e. The molecule has 0 saturated carbocycles. The first-order valence-corrected chi connectivity index (χ1v) is 6.38. The fraction of sp³-hybridized carbons (Fsp3) is 0.188. The number of methoxy groups -OCH3 is 2. The highest BCUT2D eigenvalue weighted by Gasteiger charge is 2.09. The second-order valence-corrected chi connectivity index (χ2v) is 4.37. The minimum atomic E-state index is -0.371. The van der Waals surface area contributed by atoms with Crippen molar-refractivity contribution in [3.05, 3.63) is 59.4 Å². The lowest BCUT2D eigenvalue weighted by Crippen LogP contribution is -2.23. The minimum Gasteiger partial charge on any atom is -0.497 e. The van der Waals surface area contributed by atoms with Gasteiger partial charge in [-0.1, -0.05) is 0 Å². The summed E-state index contributed by atoms with van der Waals surface area (Å²) in [4.78, 5) is 12.0. The third-order valence-corrected chi connectivity index (χ3v) is 3.03. The van der Waals surface area contributed by atoms with E-state index in [1.165, 1.54) is 25.3 Å². The number of carbonyl (C=O) groups is 1. The Morgan fingerprint density at radius 2 is 1.81 bits per heavy atom. The molecule has 0 unspecified atom stereocenters. The van der Waals surface area contributed by atoms with E-state index in [-0.39, 0.29) is 18.3 Å². The van der Waals surface area contributed by atoms with Crippen molar-refractivity contribution in [1.82, 2.24) is 5.32 Å². The lowest BCUT2D eigenvalue weighted by Gasteiger charge is -2.10. The van der Waals surface area contributed by atoms with Crippen LogP contribution in [0.1, 0.15) is 15.9 Å². The van der Waals surface area contributed by atoms with Crippen LogP contribution in [0, 0.1) is 5.82 Å². The van der Waals surface area contributed by atoms with E-state index in [1.54, 1.807) is 31.4 Å². The van der Waals surface area contributed by atoms with Gasteiger partial charge in [-0.15, -0.1) is 0 Å². The summed E-state index contributed by atoms with van der Waals surface area (Å²) in [6.45, 7) is 0.186. The number of hydrogen-bond donors (Lipinski definition) is 1. The maximum absolute atomic E-state index is 13.2. The van der Waals surface area contributed by atoms with Crippen molar-refractivity contribution in [2.45, 2.75) is 6.54 Å². The number of nitrogens with one attached hydrogen (secondary N) is 1. The van der Waals surface area contributed by atoms with Crippen LogP contribution in [-0.2, 0) is 6.54 Å². The first-order chi connectivity index (χ1) is 10.1. The van der Waals surface area contributed by atoms with E-state index >= 15 is 0 Å². The van der Waals surface area contributed by atoms with E-state index in [0.29, 0.717) is 22.6 Å². The van der Waals surface area contributed by atoms with Crippen molar-refractivity contribution in [2.75, 3.05) is 14.2 Å². The molecule has 1 amide bonds. The molecule has 110 valence electrons. The zero-order valence-electron chi connectivity index (χ0n) is 11.9. The van der Waals surface area contributed by atoms with Gasteiger partial charge in [-0.3, -0.25) is 4.79 Å². The first-order valence-electron chi connectivity index (χ1n) is 6.38. The summed E-state index contributed by atoms with van der Waals surface area (Å²) >= 11 is 0. The molecule has 0 spiro atoms. The number of halogens is 1. The average molecular weight is 289 g/mol. The highest BCUT2D eigenvalue weighted by Crippen LogP contribution is 2.19. The van der Waals surface area contributed by atoms with Gasteiger partial charge in [-0.05, 0) is 42.5 Å². The van der Waals surface area contributed by atoms with Gasteiger partial charge in [0.05, 0.1) is 14.2 Å². The summed E-state index contributed by atoms with van der Waals surface area (Å²) in [5, 5.41) is 2.73. The van der Waals surface area contributed by atoms with Crippen LogP contribution in [0.25, 0.3) is 0 Å². The molecule has 0 aliphatic heterocycles. The number of benzene rings is 2. The van der Waals surface area contributed by atoms with Crippen molar-refractivity contribution in [1.29, 1.82) is 0 Å². The van der Waals surface area contributed by atoms with Crippen molar-refractivity contribution >= 4 is 5.91 Å². The van der Waals surface area contributed by atoms with Gasteiger partial charge in [0.25, 0.3) is 5.91 Å². The Bertz CT molecular complexity index is 626. The zero-order chi connectivity index (χ0) is 15.2. The third kappa shape index (κ3) is 3.72. The van der Waals surface area contributed by atoms with Gasteiger partial charge < -0.3 is 14.8 Å². The second-order valence-electron chi connectivity index (χ2n) is 4.37. The molecule has 0 radical (unpaired) electrons. The van der Waals surface area contributed by atoms with Crippen LogP contribution in [-0.4, -0.2) is 20.1 Å². The molecule has 1 N–H and O–H groups in total. The van der Waals surface area contributed by atoms with Crippen LogP contribution in [0.3, 0.4) is 0 Å². The Morgan fingerprint density at radius 3 is 2.43 bits per heavy atom. The van der Waals surface area contributed by atoms with E-state index in [2.05, 4.69) is 5.32 Å². The summed E-state index contributed by atoms with van der Waals surface area (Å²) in [7, 11) is 3.06. The Labute approximate surface area is 122 Å². The number of ether oxygens (including phenoxy) is 2. The maximum atomic E-state index is 13.2. The van der Waals surface area contributed by atoms with E-state index in [1.807, 2.05) is 0 Å². The molecule has 2 aromatic carbocycles. The quantitative estimate of drug-likeness (QED) is 0.920. The highest BCUT2D eigenvalue weighted by atomic mass is 19.1. The Kier molecular flexibility index (Phi) is 4.77. The highest BCUT2D eigenvalue weighted by molar-refractivity contribution is 5.94. The molecule has 0 aliphatic rings. The van der Waals surface area contributed by atoms with E-state index in [0.717, 1.165) is 0 Å². The molecule has 21 heavy (non-hydrogen) atoms. The van der Waals surface area contributed by atoms with Gasteiger partial charge >= 0.3 is 0 Å². The molecule has 0 atom stereocenters. The Hall–Kier alpha value is -2.56. The summed E-state index contributed by atoms with van der Waals surface area (Å²) in [5.74, 6) is 0.596. The Balaban J connectivity index is 2.05. The molecule has 0 aliphatic carbocycles. The van der Waals surface area contributed by atoms with Crippen molar-refractivity contribution in [3.63, 3.8) is 0 Å². The summed E-state index contributed by atoms with van der Waals surface area (Å²) < 4.78 is 23.4. The Morgan fingerprint density at radius 1 is 1.10 bits per heavy atom. The van der Waals surface area contributed by atoms with E-state index < -0.39 is 0 Å². The van der Waals surface area contributed by atoms with Crippen LogP contribution >= 0.6 is 0 Å². The third-order valence-electron chi connectivity index (χ3n) is 3.03. The number of amides is 1. The molecule has 5 heteroatoms. The summed E-state index contributed by atoms with van der Waals surface area (Å²) in [5.41, 5.74) is 1.09. The average Bonchev–Trinajstić information content (AvgIpc) is 2.52. The molecule has 0 bridgehead atoms. The van der Waals surface area contributed by atoms with E-state index in [4.69, 9.17) is 9.47 Å². The van der Waals surface area contributed by atoms with Crippen LogP contribution in [0.15, 0.2) is 42.5 Å². The standard InChI is InChI=1S/C16H16FNO3/c1-20-14-6-3-11(4-7-14)16(19)18-10-12-9-13(17)5-8-15(12)21-2/h3-9H,10H2,1-2H3,(H,18,19). The molecule has 0 fully saturated rings. The summed E-state index contributed by atoms with van der Waals surface area (Å²) in [6.07, 6.45) is 0. The van der Waals surface area contributed by atoms with Gasteiger partial charge in [0.2, 0.25) is 0 Å². The molecule has 2 aromatic rings. The fourth-order valence-electron chi connectivity index (χ4n) is 1.91. The lowest BCUT2D eigenvalue weighted by atomic mass is 10.1. The molecule has 2 rings (SSSR count). The number of carbonyl (C=O) groups excluding carboxylic acids is 1. The molecular formula is C16H16FNO3. The van der Waals surface area contributed by atoms with Gasteiger partial charge in [0.15, 0.2) is 0 Å². The second kappa shape index (κ2) is 6.74. The zero-order valence-corrected chi connectivity index (χ0v) is 11.9. The molecule has 0 saturated heterocycles. The maximum Gasteiger partial charge on any atom is 0.251 e. The van der Waals surface area contributed by atoms with Crippen molar-refractivity contribution < 1.29 is 18.7 Å². The molecular weight excluding hydrogens is 273 g/mol. The SMILES string of the molecule is COc1ccc(C(=O)NCc2cc(F)ccc2OC)cc1. The van der Waals surface area contributed by atoms with Gasteiger partial charge in [0.1, 0.15) is 17.3 Å². The molecule has 4 nitrogen and oxygen atoms in total. The predicted octanol–water partition coefficient (Wildman–Crippen LogP) is 2.77. The van der Waals surface area contributed by atoms with Crippen LogP contribution in [0.4, 0.5) is 4.39 Å². The van der Waals surface area contributed by atoms with Crippen LogP contribution < -0.4 is 14.8 Å². The molecule has 0 aromatic heterocycles. The van der Waals surface area contributed by atoms with Crippen molar-refractivity contribution in [3.8, 4) is 11.5 Å². The molecule has 0 heterocycles. The predicted molar refractivity (Wildman–Crippen MR) is 77.1 cm³/mol. The van der Waals surface area contributed by atoms with Gasteiger partial charge in [0, 0.05) is 17.7 Å². The lowest BCUT2D eigenvalue weighted by molar-refractivity contribution is 0.0950. The normalized spacial score (nSPS) is 10.0. The van der Waals surface area contributed by atoms with Crippen molar-refractivity contribution in [2.24, 2.45) is 0 Å². The number of hydrogen-bond acceptors (Lipinski definition) is 3. The van der Waals surface area contributed by atoms with Crippen LogP contribution in [0.5, 0.6) is 11.5 Å². The smallest absolute Gasteiger partial charge is 0.251 e. The van der Waals surface area contributed by atoms with E-state index in [9.17, 15) is 9.18 Å². The number of rotatable bonds is 5. The van der Waals surface area contributed by atoms with Gasteiger partial charge in [-0.2, -0.15) is 0 Å². The minimum absolute atomic E-state index is 0.186. The topological polar surface area (TPSA) is 47.6 Å². The fourth-order valence-corrected chi connectivity index (χ4v) is 1.91. The van der Waals surface area contributed by atoms with Crippen LogP contribution in [0.2, 0.25) is 0 Å². The summed E-state index contributed by atoms with van der Waals surface area (Å²) in [6, 6.07) is 10.9. The first kappa shape index (κ1) is 14.8. The van der Waals surface area contributed by atoms with Gasteiger partial charge in [-0.25, -0.2) is 4.39 Å².